The summed E-state index contributed by atoms with van der Waals surface area (Å²) in [7, 11) is 0. The molecule has 0 aromatic rings. The van der Waals surface area contributed by atoms with Crippen molar-refractivity contribution in [3.05, 3.63) is 0 Å². The largest absolute Gasteiger partial charge is 0.350 e. The van der Waals surface area contributed by atoms with Crippen LogP contribution in [-0.2, 0) is 14.3 Å². The highest BCUT2D eigenvalue weighted by molar-refractivity contribution is 5.56. The van der Waals surface area contributed by atoms with Gasteiger partial charge in [-0.15, -0.1) is 0 Å². The normalized spacial score (nSPS) is 43.5. The molecule has 0 N–H and O–H groups in total. The lowest BCUT2D eigenvalue weighted by molar-refractivity contribution is -0.196. The Bertz CT molecular complexity index is 161. The topological polar surface area (TPSA) is 35.5 Å². The first-order valence-electron chi connectivity index (χ1n) is 4.12. The number of hydrogen-bond donors (Lipinski definition) is 0. The lowest BCUT2D eigenvalue weighted by Gasteiger charge is -2.21. The maximum absolute atomic E-state index is 10.4. The number of rotatable bonds is 1. The fourth-order valence-corrected chi connectivity index (χ4v) is 1.81. The third-order valence-electron chi connectivity index (χ3n) is 2.39. The van der Waals surface area contributed by atoms with Crippen LogP contribution in [0.5, 0.6) is 0 Å². The van der Waals surface area contributed by atoms with Gasteiger partial charge in [-0.3, -0.25) is 0 Å². The molecule has 0 radical (unpaired) electrons. The molecule has 3 nitrogen and oxygen atoms in total. The lowest BCUT2D eigenvalue weighted by atomic mass is 10.1. The smallest absolute Gasteiger partial charge is 0.169 e. The summed E-state index contributed by atoms with van der Waals surface area (Å²) in [6.45, 7) is 0.783. The summed E-state index contributed by atoms with van der Waals surface area (Å²) >= 11 is 0. The Kier molecular flexibility index (Phi) is 1.69. The molecule has 62 valence electrons. The zero-order valence-corrected chi connectivity index (χ0v) is 6.41. The molecule has 2 fully saturated rings. The lowest BCUT2D eigenvalue weighted by Crippen LogP contribution is -2.27. The van der Waals surface area contributed by atoms with Gasteiger partial charge in [0.25, 0.3) is 0 Å². The molecule has 0 aromatic carbocycles. The van der Waals surface area contributed by atoms with Crippen molar-refractivity contribution in [2.24, 2.45) is 0 Å². The minimum absolute atomic E-state index is 0.215. The Labute approximate surface area is 65.7 Å². The molecule has 11 heavy (non-hydrogen) atoms. The predicted octanol–water partition coefficient (Wildman–Crippen LogP) is 0.871. The van der Waals surface area contributed by atoms with Crippen molar-refractivity contribution in [3.8, 4) is 0 Å². The first-order chi connectivity index (χ1) is 5.35. The van der Waals surface area contributed by atoms with Gasteiger partial charge < -0.3 is 14.3 Å². The second-order valence-corrected chi connectivity index (χ2v) is 3.19. The number of ether oxygens (including phenoxy) is 2. The minimum Gasteiger partial charge on any atom is -0.350 e. The van der Waals surface area contributed by atoms with Gasteiger partial charge in [-0.25, -0.2) is 0 Å². The average Bonchev–Trinajstić information content (AvgIpc) is 2.62. The molecule has 0 bridgehead atoms. The van der Waals surface area contributed by atoms with E-state index in [1.54, 1.807) is 0 Å². The van der Waals surface area contributed by atoms with E-state index in [4.69, 9.17) is 9.47 Å². The maximum atomic E-state index is 10.4. The van der Waals surface area contributed by atoms with E-state index in [-0.39, 0.29) is 11.9 Å². The SMILES string of the molecule is O=C[C@H]1CC[C@]2(CCCO2)O1. The highest BCUT2D eigenvalue weighted by Gasteiger charge is 2.43. The second-order valence-electron chi connectivity index (χ2n) is 3.19. The van der Waals surface area contributed by atoms with Gasteiger partial charge in [0.05, 0.1) is 6.61 Å². The van der Waals surface area contributed by atoms with Gasteiger partial charge >= 0.3 is 0 Å². The summed E-state index contributed by atoms with van der Waals surface area (Å²) in [4.78, 5) is 10.4. The quantitative estimate of drug-likeness (QED) is 0.528. The summed E-state index contributed by atoms with van der Waals surface area (Å²) < 4.78 is 10.9. The summed E-state index contributed by atoms with van der Waals surface area (Å²) in [6.07, 6.45) is 4.38. The summed E-state index contributed by atoms with van der Waals surface area (Å²) in [5, 5.41) is 0. The van der Waals surface area contributed by atoms with Gasteiger partial charge in [0.2, 0.25) is 0 Å². The third-order valence-corrected chi connectivity index (χ3v) is 2.39. The Morgan fingerprint density at radius 2 is 2.36 bits per heavy atom. The number of carbonyl (C=O) groups is 1. The molecule has 2 heterocycles. The van der Waals surface area contributed by atoms with Crippen molar-refractivity contribution < 1.29 is 14.3 Å². The van der Waals surface area contributed by atoms with Crippen molar-refractivity contribution in [1.29, 1.82) is 0 Å². The zero-order chi connectivity index (χ0) is 7.73. The van der Waals surface area contributed by atoms with Crippen LogP contribution < -0.4 is 0 Å². The summed E-state index contributed by atoms with van der Waals surface area (Å²) in [5.74, 6) is -0.369. The monoisotopic (exact) mass is 156 g/mol. The number of aldehydes is 1. The molecule has 2 aliphatic heterocycles. The van der Waals surface area contributed by atoms with Crippen molar-refractivity contribution in [2.75, 3.05) is 6.61 Å². The van der Waals surface area contributed by atoms with Crippen LogP contribution in [0.3, 0.4) is 0 Å². The molecule has 2 saturated heterocycles. The Balaban J connectivity index is 2.01. The molecular formula is C8H12O3. The van der Waals surface area contributed by atoms with E-state index in [9.17, 15) is 4.79 Å². The fraction of sp³-hybridized carbons (Fsp3) is 0.875. The van der Waals surface area contributed by atoms with E-state index < -0.39 is 0 Å². The minimum atomic E-state index is -0.369. The van der Waals surface area contributed by atoms with Gasteiger partial charge in [0, 0.05) is 12.8 Å². The molecule has 0 aromatic heterocycles. The van der Waals surface area contributed by atoms with E-state index >= 15 is 0 Å². The number of hydrogen-bond acceptors (Lipinski definition) is 3. The van der Waals surface area contributed by atoms with Gasteiger partial charge in [-0.05, 0) is 12.8 Å². The van der Waals surface area contributed by atoms with E-state index in [0.717, 1.165) is 38.6 Å². The Morgan fingerprint density at radius 1 is 1.45 bits per heavy atom. The summed E-state index contributed by atoms with van der Waals surface area (Å²) in [6, 6.07) is 0. The average molecular weight is 156 g/mol. The predicted molar refractivity (Wildman–Crippen MR) is 38.1 cm³/mol. The molecule has 0 aliphatic carbocycles. The molecule has 0 unspecified atom stereocenters. The van der Waals surface area contributed by atoms with Crippen molar-refractivity contribution in [2.45, 2.75) is 37.6 Å². The van der Waals surface area contributed by atoms with E-state index in [2.05, 4.69) is 0 Å². The van der Waals surface area contributed by atoms with E-state index in [0.29, 0.717) is 0 Å². The van der Waals surface area contributed by atoms with Crippen LogP contribution in [0.1, 0.15) is 25.7 Å². The van der Waals surface area contributed by atoms with Gasteiger partial charge in [-0.1, -0.05) is 0 Å². The van der Waals surface area contributed by atoms with Crippen LogP contribution in [0.15, 0.2) is 0 Å². The van der Waals surface area contributed by atoms with Crippen LogP contribution in [0, 0.1) is 0 Å². The Morgan fingerprint density at radius 3 is 2.91 bits per heavy atom. The number of carbonyl (C=O) groups excluding carboxylic acids is 1. The Hall–Kier alpha value is -0.410. The maximum Gasteiger partial charge on any atom is 0.169 e. The van der Waals surface area contributed by atoms with Crippen molar-refractivity contribution in [1.82, 2.24) is 0 Å². The van der Waals surface area contributed by atoms with Gasteiger partial charge in [-0.2, -0.15) is 0 Å². The summed E-state index contributed by atoms with van der Waals surface area (Å²) in [5.41, 5.74) is 0. The van der Waals surface area contributed by atoms with Crippen molar-refractivity contribution >= 4 is 6.29 Å². The van der Waals surface area contributed by atoms with Crippen molar-refractivity contribution in [3.63, 3.8) is 0 Å². The van der Waals surface area contributed by atoms with Gasteiger partial charge in [0.15, 0.2) is 5.79 Å². The molecule has 0 amide bonds. The zero-order valence-electron chi connectivity index (χ0n) is 6.41. The van der Waals surface area contributed by atoms with Gasteiger partial charge in [0.1, 0.15) is 12.4 Å². The van der Waals surface area contributed by atoms with Crippen LogP contribution >= 0.6 is 0 Å². The highest BCUT2D eigenvalue weighted by atomic mass is 16.7. The fourth-order valence-electron chi connectivity index (χ4n) is 1.81. The van der Waals surface area contributed by atoms with Crippen LogP contribution in [0.2, 0.25) is 0 Å². The molecule has 0 saturated carbocycles. The molecular weight excluding hydrogens is 144 g/mol. The first-order valence-corrected chi connectivity index (χ1v) is 4.12. The molecule has 2 atom stereocenters. The molecule has 3 heteroatoms. The molecule has 2 rings (SSSR count). The third kappa shape index (κ3) is 1.19. The van der Waals surface area contributed by atoms with Crippen LogP contribution in [0.25, 0.3) is 0 Å². The highest BCUT2D eigenvalue weighted by Crippen LogP contribution is 2.38. The second kappa shape index (κ2) is 2.57. The van der Waals surface area contributed by atoms with E-state index in [1.165, 1.54) is 0 Å². The van der Waals surface area contributed by atoms with Crippen LogP contribution in [-0.4, -0.2) is 24.8 Å². The molecule has 1 spiro atoms. The standard InChI is InChI=1S/C8H12O3/c9-6-7-2-4-8(11-7)3-1-5-10-8/h6-7H,1-5H2/t7-,8+/m1/s1. The van der Waals surface area contributed by atoms with Crippen LogP contribution in [0.4, 0.5) is 0 Å². The molecule has 2 aliphatic rings. The first kappa shape index (κ1) is 7.25. The van der Waals surface area contributed by atoms with E-state index in [1.807, 2.05) is 0 Å².